The molecule has 0 radical (unpaired) electrons. The van der Waals surface area contributed by atoms with Crippen LogP contribution in [0.2, 0.25) is 5.02 Å². The van der Waals surface area contributed by atoms with Crippen LogP contribution in [0.25, 0.3) is 0 Å². The first kappa shape index (κ1) is 17.0. The van der Waals surface area contributed by atoms with Gasteiger partial charge in [0, 0.05) is 21.9 Å². The minimum atomic E-state index is -3.56. The zero-order valence-electron chi connectivity index (χ0n) is 11.6. The quantitative estimate of drug-likeness (QED) is 0.715. The zero-order valence-corrected chi connectivity index (χ0v) is 15.6. The van der Waals surface area contributed by atoms with Crippen molar-refractivity contribution in [2.45, 2.75) is 31.3 Å². The predicted octanol–water partition coefficient (Wildman–Crippen LogP) is 4.76. The van der Waals surface area contributed by atoms with Gasteiger partial charge in [-0.25, -0.2) is 8.42 Å². The highest BCUT2D eigenvalue weighted by atomic mass is 79.9. The number of nitrogens with zero attached hydrogens (tertiary/aromatic N) is 1. The molecule has 0 bridgehead atoms. The summed E-state index contributed by atoms with van der Waals surface area (Å²) in [5.74, 6) is 0. The molecule has 0 unspecified atom stereocenters. The molecule has 7 heteroatoms. The molecule has 0 N–H and O–H groups in total. The van der Waals surface area contributed by atoms with Crippen molar-refractivity contribution in [3.05, 3.63) is 50.1 Å². The normalized spacial score (nSPS) is 12.3. The Kier molecular flexibility index (Phi) is 5.48. The maximum Gasteiger partial charge on any atom is 0.243 e. The van der Waals surface area contributed by atoms with E-state index in [9.17, 15) is 8.42 Å². The van der Waals surface area contributed by atoms with E-state index in [2.05, 4.69) is 15.9 Å². The van der Waals surface area contributed by atoms with Gasteiger partial charge in [-0.2, -0.15) is 4.31 Å². The molecule has 21 heavy (non-hydrogen) atoms. The molecule has 2 rings (SSSR count). The lowest BCUT2D eigenvalue weighted by atomic mass is 10.3. The first-order valence-electron chi connectivity index (χ1n) is 6.31. The molecule has 2 aromatic rings. The van der Waals surface area contributed by atoms with Gasteiger partial charge in [0.1, 0.15) is 0 Å². The smallest absolute Gasteiger partial charge is 0.207 e. The van der Waals surface area contributed by atoms with Gasteiger partial charge in [-0.3, -0.25) is 0 Å². The minimum Gasteiger partial charge on any atom is -0.207 e. The van der Waals surface area contributed by atoms with E-state index < -0.39 is 10.0 Å². The number of rotatable bonds is 5. The lowest BCUT2D eigenvalue weighted by molar-refractivity contribution is 0.350. The molecule has 0 amide bonds. The molecule has 0 aliphatic rings. The maximum atomic E-state index is 12.8. The van der Waals surface area contributed by atoms with Gasteiger partial charge in [-0.05, 0) is 59.4 Å². The Morgan fingerprint density at radius 3 is 2.57 bits per heavy atom. The summed E-state index contributed by atoms with van der Waals surface area (Å²) in [6.45, 7) is 4.12. The van der Waals surface area contributed by atoms with E-state index in [1.165, 1.54) is 10.4 Å². The van der Waals surface area contributed by atoms with Crippen molar-refractivity contribution in [3.63, 3.8) is 0 Å². The van der Waals surface area contributed by atoms with Gasteiger partial charge in [-0.15, -0.1) is 11.3 Å². The summed E-state index contributed by atoms with van der Waals surface area (Å²) >= 11 is 10.8. The molecule has 0 saturated heterocycles. The second kappa shape index (κ2) is 6.79. The largest absolute Gasteiger partial charge is 0.243 e. The Labute approximate surface area is 142 Å². The van der Waals surface area contributed by atoms with Gasteiger partial charge in [0.15, 0.2) is 0 Å². The molecule has 114 valence electrons. The van der Waals surface area contributed by atoms with Crippen molar-refractivity contribution in [2.24, 2.45) is 0 Å². The highest BCUT2D eigenvalue weighted by Gasteiger charge is 2.27. The highest BCUT2D eigenvalue weighted by Crippen LogP contribution is 2.28. The second-order valence-electron chi connectivity index (χ2n) is 4.80. The van der Waals surface area contributed by atoms with Gasteiger partial charge < -0.3 is 0 Å². The van der Waals surface area contributed by atoms with Crippen molar-refractivity contribution < 1.29 is 8.42 Å². The number of sulfonamides is 1. The Morgan fingerprint density at radius 2 is 2.05 bits per heavy atom. The van der Waals surface area contributed by atoms with Crippen molar-refractivity contribution in [1.29, 1.82) is 0 Å². The third kappa shape index (κ3) is 3.87. The molecule has 0 spiro atoms. The van der Waals surface area contributed by atoms with E-state index >= 15 is 0 Å². The molecular weight excluding hydrogens is 394 g/mol. The summed E-state index contributed by atoms with van der Waals surface area (Å²) < 4.78 is 27.7. The van der Waals surface area contributed by atoms with E-state index in [0.717, 1.165) is 4.88 Å². The van der Waals surface area contributed by atoms with Crippen LogP contribution in [-0.4, -0.2) is 18.8 Å². The van der Waals surface area contributed by atoms with Crippen molar-refractivity contribution in [3.8, 4) is 0 Å². The molecule has 0 aliphatic heterocycles. The lowest BCUT2D eigenvalue weighted by Crippen LogP contribution is -2.36. The Morgan fingerprint density at radius 1 is 1.33 bits per heavy atom. The topological polar surface area (TPSA) is 37.4 Å². The van der Waals surface area contributed by atoms with Gasteiger partial charge in [0.25, 0.3) is 0 Å². The fourth-order valence-corrected chi connectivity index (χ4v) is 4.95. The van der Waals surface area contributed by atoms with E-state index in [-0.39, 0.29) is 10.9 Å². The summed E-state index contributed by atoms with van der Waals surface area (Å²) in [4.78, 5) is 1.25. The van der Waals surface area contributed by atoms with Crippen LogP contribution in [0.15, 0.2) is 45.1 Å². The Bertz CT molecular complexity index is 715. The summed E-state index contributed by atoms with van der Waals surface area (Å²) in [5, 5.41) is 2.43. The van der Waals surface area contributed by atoms with Crippen LogP contribution >= 0.6 is 38.9 Å². The summed E-state index contributed by atoms with van der Waals surface area (Å²) in [6, 6.07) is 8.39. The van der Waals surface area contributed by atoms with Crippen molar-refractivity contribution in [1.82, 2.24) is 4.31 Å². The summed E-state index contributed by atoms with van der Waals surface area (Å²) in [6.07, 6.45) is 0. The first-order chi connectivity index (χ1) is 9.82. The average molecular weight is 409 g/mol. The summed E-state index contributed by atoms with van der Waals surface area (Å²) in [5.41, 5.74) is 0. The maximum absolute atomic E-state index is 12.8. The molecular formula is C14H15BrClNO2S2. The van der Waals surface area contributed by atoms with Crippen LogP contribution in [0.4, 0.5) is 0 Å². The molecule has 1 heterocycles. The molecule has 0 atom stereocenters. The standard InChI is InChI=1S/C14H15BrClNO2S2/c1-10(2)17(9-11-4-3-7-20-11)21(18,19)12-5-6-14(16)13(15)8-12/h3-8,10H,9H2,1-2H3. The highest BCUT2D eigenvalue weighted by molar-refractivity contribution is 9.10. The van der Waals surface area contributed by atoms with Gasteiger partial charge in [0.05, 0.1) is 9.92 Å². The fourth-order valence-electron chi connectivity index (χ4n) is 1.87. The monoisotopic (exact) mass is 407 g/mol. The molecule has 3 nitrogen and oxygen atoms in total. The van der Waals surface area contributed by atoms with Gasteiger partial charge in [0.2, 0.25) is 10.0 Å². The second-order valence-corrected chi connectivity index (χ2v) is 8.98. The predicted molar refractivity (Wildman–Crippen MR) is 91.3 cm³/mol. The van der Waals surface area contributed by atoms with Crippen LogP contribution in [-0.2, 0) is 16.6 Å². The number of halogens is 2. The Hall–Kier alpha value is -0.400. The first-order valence-corrected chi connectivity index (χ1v) is 9.80. The third-order valence-electron chi connectivity index (χ3n) is 2.97. The van der Waals surface area contributed by atoms with Gasteiger partial charge >= 0.3 is 0 Å². The van der Waals surface area contributed by atoms with Crippen LogP contribution in [0.3, 0.4) is 0 Å². The number of hydrogen-bond acceptors (Lipinski definition) is 3. The minimum absolute atomic E-state index is 0.133. The average Bonchev–Trinajstić information content (AvgIpc) is 2.91. The fraction of sp³-hybridized carbons (Fsp3) is 0.286. The van der Waals surface area contributed by atoms with Crippen LogP contribution in [0, 0.1) is 0 Å². The number of hydrogen-bond donors (Lipinski definition) is 0. The Balaban J connectivity index is 2.39. The van der Waals surface area contributed by atoms with Crippen LogP contribution in [0.1, 0.15) is 18.7 Å². The van der Waals surface area contributed by atoms with E-state index in [0.29, 0.717) is 16.0 Å². The molecule has 1 aromatic carbocycles. The van der Waals surface area contributed by atoms with Crippen molar-refractivity contribution in [2.75, 3.05) is 0 Å². The lowest BCUT2D eigenvalue weighted by Gasteiger charge is -2.25. The third-order valence-corrected chi connectivity index (χ3v) is 7.06. The number of thiophene rings is 1. The SMILES string of the molecule is CC(C)N(Cc1cccs1)S(=O)(=O)c1ccc(Cl)c(Br)c1. The van der Waals surface area contributed by atoms with Crippen LogP contribution < -0.4 is 0 Å². The summed E-state index contributed by atoms with van der Waals surface area (Å²) in [7, 11) is -3.56. The van der Waals surface area contributed by atoms with Crippen molar-refractivity contribution >= 4 is 48.9 Å². The molecule has 0 saturated carbocycles. The van der Waals surface area contributed by atoms with E-state index in [1.54, 1.807) is 23.5 Å². The molecule has 0 aliphatic carbocycles. The van der Waals surface area contributed by atoms with Gasteiger partial charge in [-0.1, -0.05) is 17.7 Å². The molecule has 1 aromatic heterocycles. The zero-order chi connectivity index (χ0) is 15.6. The van der Waals surface area contributed by atoms with E-state index in [4.69, 9.17) is 11.6 Å². The number of benzene rings is 1. The van der Waals surface area contributed by atoms with E-state index in [1.807, 2.05) is 31.4 Å². The van der Waals surface area contributed by atoms with Crippen LogP contribution in [0.5, 0.6) is 0 Å². The molecule has 0 fully saturated rings.